The molecule has 3 aromatic carbocycles. The average Bonchev–Trinajstić information content (AvgIpc) is 3.11. The van der Waals surface area contributed by atoms with E-state index in [0.29, 0.717) is 18.8 Å². The fourth-order valence-electron chi connectivity index (χ4n) is 3.85. The van der Waals surface area contributed by atoms with Gasteiger partial charge in [-0.3, -0.25) is 4.79 Å². The average molecular weight is 416 g/mol. The van der Waals surface area contributed by atoms with E-state index in [9.17, 15) is 9.18 Å². The van der Waals surface area contributed by atoms with Crippen molar-refractivity contribution < 1.29 is 13.9 Å². The molecule has 1 aromatic heterocycles. The van der Waals surface area contributed by atoms with Gasteiger partial charge in [0.15, 0.2) is 0 Å². The van der Waals surface area contributed by atoms with E-state index in [1.165, 1.54) is 6.07 Å². The number of hydrogen-bond acceptors (Lipinski definition) is 3. The van der Waals surface area contributed by atoms with Gasteiger partial charge in [-0.05, 0) is 48.4 Å². The number of halogens is 1. The quantitative estimate of drug-likeness (QED) is 0.362. The molecule has 0 saturated heterocycles. The van der Waals surface area contributed by atoms with Gasteiger partial charge < -0.3 is 14.2 Å². The van der Waals surface area contributed by atoms with E-state index in [-0.39, 0.29) is 18.2 Å². The molecule has 0 N–H and O–H groups in total. The number of nitrogens with zero attached hydrogens (tertiary/aromatic N) is 2. The number of carbonyl (C=O) groups excluding carboxylic acids is 1. The Morgan fingerprint density at radius 1 is 1.00 bits per heavy atom. The Kier molecular flexibility index (Phi) is 6.03. The first-order valence-electron chi connectivity index (χ1n) is 10.4. The summed E-state index contributed by atoms with van der Waals surface area (Å²) >= 11 is 0. The first-order chi connectivity index (χ1) is 15.1. The molecule has 0 atom stereocenters. The summed E-state index contributed by atoms with van der Waals surface area (Å²) in [6.07, 6.45) is 2.29. The minimum atomic E-state index is -0.248. The third-order valence-corrected chi connectivity index (χ3v) is 5.40. The van der Waals surface area contributed by atoms with E-state index >= 15 is 0 Å². The summed E-state index contributed by atoms with van der Waals surface area (Å²) in [4.78, 5) is 13.8. The normalized spacial score (nSPS) is 10.9. The predicted octanol–water partition coefficient (Wildman–Crippen LogP) is 5.70. The number of carbonyl (C=O) groups is 1. The second kappa shape index (κ2) is 9.04. The van der Waals surface area contributed by atoms with Crippen LogP contribution in [0, 0.1) is 5.82 Å². The van der Waals surface area contributed by atoms with E-state index in [1.54, 1.807) is 12.1 Å². The van der Waals surface area contributed by atoms with Crippen LogP contribution in [-0.4, -0.2) is 24.2 Å². The second-order valence-corrected chi connectivity index (χ2v) is 7.46. The molecular weight excluding hydrogens is 391 g/mol. The van der Waals surface area contributed by atoms with Gasteiger partial charge in [0.2, 0.25) is 0 Å². The highest BCUT2D eigenvalue weighted by Crippen LogP contribution is 2.27. The van der Waals surface area contributed by atoms with Gasteiger partial charge in [-0.1, -0.05) is 42.5 Å². The monoisotopic (exact) mass is 416 g/mol. The Morgan fingerprint density at radius 3 is 2.45 bits per heavy atom. The molecule has 0 amide bonds. The molecule has 4 aromatic rings. The summed E-state index contributed by atoms with van der Waals surface area (Å²) in [6.45, 7) is 2.87. The standard InChI is InChI=1S/C26H25FN2O2/c1-3-31-26(30)16-20-18-29(24-10-6-4-8-22(20)24)17-19-12-14-21(15-13-19)28(2)25-11-7-5-9-23(25)27/h4-15,18H,3,16-17H2,1-2H3. The first kappa shape index (κ1) is 20.7. The third kappa shape index (κ3) is 4.45. The van der Waals surface area contributed by atoms with Gasteiger partial charge in [-0.15, -0.1) is 0 Å². The van der Waals surface area contributed by atoms with Crippen LogP contribution in [0.15, 0.2) is 79.0 Å². The molecule has 0 aliphatic rings. The molecule has 5 heteroatoms. The summed E-state index contributed by atoms with van der Waals surface area (Å²) in [6, 6.07) is 22.9. The van der Waals surface area contributed by atoms with Crippen molar-refractivity contribution in [1.29, 1.82) is 0 Å². The van der Waals surface area contributed by atoms with Gasteiger partial charge in [0, 0.05) is 36.4 Å². The Balaban J connectivity index is 1.57. The van der Waals surface area contributed by atoms with Gasteiger partial charge in [0.05, 0.1) is 18.7 Å². The molecule has 0 aliphatic carbocycles. The lowest BCUT2D eigenvalue weighted by molar-refractivity contribution is -0.142. The Hall–Kier alpha value is -3.60. The zero-order valence-corrected chi connectivity index (χ0v) is 17.7. The van der Waals surface area contributed by atoms with Crippen LogP contribution in [0.5, 0.6) is 0 Å². The number of ether oxygens (including phenoxy) is 1. The maximum Gasteiger partial charge on any atom is 0.310 e. The van der Waals surface area contributed by atoms with E-state index in [4.69, 9.17) is 4.74 Å². The fraction of sp³-hybridized carbons (Fsp3) is 0.192. The van der Waals surface area contributed by atoms with E-state index in [2.05, 4.69) is 10.6 Å². The van der Waals surface area contributed by atoms with Crippen LogP contribution in [-0.2, 0) is 22.5 Å². The zero-order chi connectivity index (χ0) is 21.8. The maximum absolute atomic E-state index is 14.1. The fourth-order valence-corrected chi connectivity index (χ4v) is 3.85. The van der Waals surface area contributed by atoms with Crippen molar-refractivity contribution in [1.82, 2.24) is 4.57 Å². The third-order valence-electron chi connectivity index (χ3n) is 5.40. The number of aromatic nitrogens is 1. The zero-order valence-electron chi connectivity index (χ0n) is 17.7. The Labute approximate surface area is 181 Å². The summed E-state index contributed by atoms with van der Waals surface area (Å²) in [5.41, 5.74) is 4.61. The maximum atomic E-state index is 14.1. The number of benzene rings is 3. The smallest absolute Gasteiger partial charge is 0.310 e. The number of anilines is 2. The van der Waals surface area contributed by atoms with Crippen molar-refractivity contribution in [3.05, 3.63) is 95.9 Å². The highest BCUT2D eigenvalue weighted by atomic mass is 19.1. The number of para-hydroxylation sites is 2. The van der Waals surface area contributed by atoms with Gasteiger partial charge in [0.25, 0.3) is 0 Å². The molecule has 4 nitrogen and oxygen atoms in total. The number of rotatable bonds is 7. The van der Waals surface area contributed by atoms with Crippen LogP contribution in [0.2, 0.25) is 0 Å². The molecule has 4 rings (SSSR count). The molecule has 0 unspecified atom stereocenters. The van der Waals surface area contributed by atoms with E-state index in [0.717, 1.165) is 27.7 Å². The molecule has 0 fully saturated rings. The predicted molar refractivity (Wildman–Crippen MR) is 122 cm³/mol. The Bertz CT molecular complexity index is 1200. The Morgan fingerprint density at radius 2 is 1.71 bits per heavy atom. The number of esters is 1. The van der Waals surface area contributed by atoms with Gasteiger partial charge >= 0.3 is 5.97 Å². The van der Waals surface area contributed by atoms with Crippen LogP contribution in [0.1, 0.15) is 18.1 Å². The van der Waals surface area contributed by atoms with Crippen LogP contribution < -0.4 is 4.90 Å². The van der Waals surface area contributed by atoms with Gasteiger partial charge in [-0.2, -0.15) is 0 Å². The van der Waals surface area contributed by atoms with Gasteiger partial charge in [0.1, 0.15) is 5.82 Å². The number of hydrogen-bond donors (Lipinski definition) is 0. The lowest BCUT2D eigenvalue weighted by atomic mass is 10.1. The van der Waals surface area contributed by atoms with Crippen LogP contribution in [0.25, 0.3) is 10.9 Å². The van der Waals surface area contributed by atoms with Crippen LogP contribution in [0.3, 0.4) is 0 Å². The minimum absolute atomic E-state index is 0.217. The minimum Gasteiger partial charge on any atom is -0.466 e. The number of fused-ring (bicyclic) bond motifs is 1. The second-order valence-electron chi connectivity index (χ2n) is 7.46. The molecule has 0 bridgehead atoms. The first-order valence-corrected chi connectivity index (χ1v) is 10.4. The molecule has 31 heavy (non-hydrogen) atoms. The van der Waals surface area contributed by atoms with Crippen molar-refractivity contribution in [2.75, 3.05) is 18.6 Å². The van der Waals surface area contributed by atoms with Crippen LogP contribution >= 0.6 is 0 Å². The van der Waals surface area contributed by atoms with Crippen molar-refractivity contribution in [2.24, 2.45) is 0 Å². The lowest BCUT2D eigenvalue weighted by Crippen LogP contribution is -2.11. The molecule has 0 radical (unpaired) electrons. The highest BCUT2D eigenvalue weighted by molar-refractivity contribution is 5.88. The summed E-state index contributed by atoms with van der Waals surface area (Å²) in [7, 11) is 1.86. The van der Waals surface area contributed by atoms with Crippen LogP contribution in [0.4, 0.5) is 15.8 Å². The molecular formula is C26H25FN2O2. The van der Waals surface area contributed by atoms with E-state index < -0.39 is 0 Å². The molecule has 0 saturated carbocycles. The lowest BCUT2D eigenvalue weighted by Gasteiger charge is -2.20. The SMILES string of the molecule is CCOC(=O)Cc1cn(Cc2ccc(N(C)c3ccccc3F)cc2)c2ccccc12. The highest BCUT2D eigenvalue weighted by Gasteiger charge is 2.13. The van der Waals surface area contributed by atoms with Crippen molar-refractivity contribution in [2.45, 2.75) is 19.9 Å². The van der Waals surface area contributed by atoms with E-state index in [1.807, 2.05) is 73.6 Å². The van der Waals surface area contributed by atoms with Crippen molar-refractivity contribution in [3.63, 3.8) is 0 Å². The molecule has 0 spiro atoms. The summed E-state index contributed by atoms with van der Waals surface area (Å²) < 4.78 is 21.4. The van der Waals surface area contributed by atoms with Crippen molar-refractivity contribution in [3.8, 4) is 0 Å². The van der Waals surface area contributed by atoms with Crippen molar-refractivity contribution >= 4 is 28.2 Å². The molecule has 1 heterocycles. The molecule has 0 aliphatic heterocycles. The summed E-state index contributed by atoms with van der Waals surface area (Å²) in [5.74, 6) is -0.465. The molecule has 158 valence electrons. The topological polar surface area (TPSA) is 34.5 Å². The summed E-state index contributed by atoms with van der Waals surface area (Å²) in [5, 5.41) is 1.06. The largest absolute Gasteiger partial charge is 0.466 e. The van der Waals surface area contributed by atoms with Gasteiger partial charge in [-0.25, -0.2) is 4.39 Å².